The van der Waals surface area contributed by atoms with Gasteiger partial charge in [0.15, 0.2) is 0 Å². The lowest BCUT2D eigenvalue weighted by Gasteiger charge is -2.36. The van der Waals surface area contributed by atoms with Gasteiger partial charge in [0.05, 0.1) is 32.3 Å². The van der Waals surface area contributed by atoms with Crippen LogP contribution in [-0.4, -0.2) is 32.3 Å². The van der Waals surface area contributed by atoms with Crippen LogP contribution in [0.25, 0.3) is 0 Å². The summed E-state index contributed by atoms with van der Waals surface area (Å²) in [7, 11) is -8.29. The minimum atomic E-state index is -1.68. The van der Waals surface area contributed by atoms with Crippen molar-refractivity contribution < 1.29 is 0 Å². The number of rotatable bonds is 47. The number of allylic oxidation sites excluding steroid dienone is 1. The van der Waals surface area contributed by atoms with Crippen LogP contribution in [0, 0.1) is 5.92 Å². The SMILES string of the molecule is CCCC[Si](CCCC)(CCCC)c1ccc(P(/C=C(/C2CCCCC2)P(c2ccc([Si](CCCC)(CCCC)CCCC)cc2)c2ccc([Si](CCCC)(CCCC)CCCC)cc2)c2ccc([Si](CCCC)(CCCC)CCCC)cc2)cc1. The van der Waals surface area contributed by atoms with Crippen LogP contribution in [0.1, 0.15) is 269 Å². The van der Waals surface area contributed by atoms with Gasteiger partial charge in [-0.05, 0) is 67.0 Å². The van der Waals surface area contributed by atoms with Gasteiger partial charge in [0.2, 0.25) is 0 Å². The van der Waals surface area contributed by atoms with Crippen molar-refractivity contribution in [3.05, 3.63) is 108 Å². The zero-order chi connectivity index (χ0) is 61.9. The van der Waals surface area contributed by atoms with Gasteiger partial charge in [-0.15, -0.1) is 0 Å². The van der Waals surface area contributed by atoms with Gasteiger partial charge in [0, 0.05) is 0 Å². The van der Waals surface area contributed by atoms with Crippen molar-refractivity contribution >= 4 is 90.1 Å². The van der Waals surface area contributed by atoms with Crippen molar-refractivity contribution in [3.8, 4) is 0 Å². The maximum Gasteiger partial charge on any atom is 0.0867 e. The Hall–Kier alpha value is -1.65. The molecule has 4 aromatic carbocycles. The summed E-state index contributed by atoms with van der Waals surface area (Å²) < 4.78 is 0. The second-order valence-corrected chi connectivity index (χ2v) is 50.9. The monoisotopic (exact) mass is 1270 g/mol. The molecule has 4 aromatic rings. The van der Waals surface area contributed by atoms with E-state index in [1.54, 1.807) is 42.0 Å². The van der Waals surface area contributed by atoms with Crippen LogP contribution in [0.4, 0.5) is 0 Å². The minimum Gasteiger partial charge on any atom is -0.0654 e. The van der Waals surface area contributed by atoms with Gasteiger partial charge in [-0.1, -0.05) is 447 Å². The Morgan fingerprint density at radius 2 is 0.488 bits per heavy atom. The number of hydrogen-bond acceptors (Lipinski definition) is 0. The summed E-state index contributed by atoms with van der Waals surface area (Å²) in [6.45, 7) is 29.2. The van der Waals surface area contributed by atoms with Crippen LogP contribution in [0.3, 0.4) is 0 Å². The first-order valence-corrected chi connectivity index (χ1v) is 51.0. The molecule has 0 unspecified atom stereocenters. The van der Waals surface area contributed by atoms with E-state index in [0.717, 1.165) is 0 Å². The summed E-state index contributed by atoms with van der Waals surface area (Å²) in [5.74, 6) is 3.67. The first kappa shape index (κ1) is 75.1. The predicted octanol–water partition coefficient (Wildman–Crippen LogP) is 23.9. The molecule has 0 spiro atoms. The highest BCUT2D eigenvalue weighted by Gasteiger charge is 2.38. The minimum absolute atomic E-state index is 0.617. The van der Waals surface area contributed by atoms with E-state index in [1.807, 2.05) is 5.31 Å². The Morgan fingerprint density at radius 1 is 0.291 bits per heavy atom. The summed E-state index contributed by atoms with van der Waals surface area (Å²) in [5.41, 5.74) is 0. The summed E-state index contributed by atoms with van der Waals surface area (Å²) in [6, 6.07) is 61.5. The quantitative estimate of drug-likeness (QED) is 0.0305. The van der Waals surface area contributed by atoms with Gasteiger partial charge in [0.1, 0.15) is 0 Å². The zero-order valence-corrected chi connectivity index (χ0v) is 64.6. The van der Waals surface area contributed by atoms with Crippen LogP contribution in [0.2, 0.25) is 72.5 Å². The van der Waals surface area contributed by atoms with Crippen molar-refractivity contribution in [2.75, 3.05) is 0 Å². The fourth-order valence-electron chi connectivity index (χ4n) is 15.9. The number of benzene rings is 4. The van der Waals surface area contributed by atoms with Crippen molar-refractivity contribution in [2.45, 2.75) is 342 Å². The van der Waals surface area contributed by atoms with Gasteiger partial charge in [0.25, 0.3) is 0 Å². The first-order chi connectivity index (χ1) is 42.0. The van der Waals surface area contributed by atoms with Crippen molar-refractivity contribution in [1.82, 2.24) is 0 Å². The molecule has 0 radical (unpaired) electrons. The molecule has 0 aliphatic heterocycles. The normalized spacial score (nSPS) is 14.1. The van der Waals surface area contributed by atoms with Crippen molar-refractivity contribution in [1.29, 1.82) is 0 Å². The van der Waals surface area contributed by atoms with Gasteiger partial charge >= 0.3 is 0 Å². The van der Waals surface area contributed by atoms with E-state index in [-0.39, 0.29) is 0 Å². The largest absolute Gasteiger partial charge is 0.0867 e. The molecule has 86 heavy (non-hydrogen) atoms. The molecule has 0 bridgehead atoms. The van der Waals surface area contributed by atoms with Crippen LogP contribution in [0.5, 0.6) is 0 Å². The van der Waals surface area contributed by atoms with Gasteiger partial charge < -0.3 is 0 Å². The van der Waals surface area contributed by atoms with E-state index in [2.05, 4.69) is 186 Å². The molecule has 6 heteroatoms. The average Bonchev–Trinajstić information content (AvgIpc) is 1.44. The lowest BCUT2D eigenvalue weighted by atomic mass is 9.89. The number of unbranched alkanes of at least 4 members (excludes halogenated alkanes) is 12. The molecular weight excluding hydrogens is 1140 g/mol. The molecule has 0 atom stereocenters. The Bertz CT molecular complexity index is 2150. The summed E-state index contributed by atoms with van der Waals surface area (Å²) >= 11 is 0. The van der Waals surface area contributed by atoms with Gasteiger partial charge in [-0.25, -0.2) is 0 Å². The Morgan fingerprint density at radius 3 is 0.686 bits per heavy atom. The topological polar surface area (TPSA) is 0 Å². The fraction of sp³-hybridized carbons (Fsp3) is 0.675. The third kappa shape index (κ3) is 21.7. The molecule has 0 nitrogen and oxygen atoms in total. The van der Waals surface area contributed by atoms with Gasteiger partial charge in [-0.3, -0.25) is 0 Å². The lowest BCUT2D eigenvalue weighted by Crippen LogP contribution is -2.48. The molecule has 0 N–H and O–H groups in total. The van der Waals surface area contributed by atoms with E-state index in [4.69, 9.17) is 0 Å². The number of hydrogen-bond donors (Lipinski definition) is 0. The van der Waals surface area contributed by atoms with Crippen LogP contribution >= 0.6 is 15.8 Å². The van der Waals surface area contributed by atoms with Crippen LogP contribution < -0.4 is 42.0 Å². The van der Waals surface area contributed by atoms with E-state index >= 15 is 0 Å². The maximum absolute atomic E-state index is 3.06. The second kappa shape index (κ2) is 41.8. The Balaban J connectivity index is 1.89. The van der Waals surface area contributed by atoms with Gasteiger partial charge in [-0.2, -0.15) is 0 Å². The van der Waals surface area contributed by atoms with E-state index in [1.165, 1.54) is 259 Å². The predicted molar refractivity (Wildman–Crippen MR) is 411 cm³/mol. The Kier molecular flexibility index (Phi) is 36.4. The Labute approximate surface area is 542 Å². The lowest BCUT2D eigenvalue weighted by molar-refractivity contribution is 0.414. The molecule has 1 saturated carbocycles. The highest BCUT2D eigenvalue weighted by molar-refractivity contribution is 7.80. The molecule has 482 valence electrons. The molecule has 1 aliphatic carbocycles. The molecule has 5 rings (SSSR count). The zero-order valence-electron chi connectivity index (χ0n) is 58.8. The smallest absolute Gasteiger partial charge is 0.0654 e. The third-order valence-electron chi connectivity index (χ3n) is 21.6. The highest BCUT2D eigenvalue weighted by Crippen LogP contribution is 2.54. The summed E-state index contributed by atoms with van der Waals surface area (Å²) in [5, 5.41) is 15.4. The highest BCUT2D eigenvalue weighted by atomic mass is 31.1. The second-order valence-electron chi connectivity index (χ2n) is 28.1. The summed E-state index contributed by atoms with van der Waals surface area (Å²) in [6.07, 6.45) is 39.2. The third-order valence-corrected chi connectivity index (χ3v) is 48.7. The molecular formula is C80H136P2Si4. The molecule has 1 fully saturated rings. The maximum atomic E-state index is 3.06. The molecule has 0 saturated heterocycles. The van der Waals surface area contributed by atoms with E-state index in [9.17, 15) is 0 Å². The van der Waals surface area contributed by atoms with E-state index in [0.29, 0.717) is 5.92 Å². The van der Waals surface area contributed by atoms with Crippen LogP contribution in [0.15, 0.2) is 108 Å². The average molecular weight is 1270 g/mol. The van der Waals surface area contributed by atoms with E-state index < -0.39 is 48.1 Å². The van der Waals surface area contributed by atoms with Crippen LogP contribution in [-0.2, 0) is 0 Å². The molecule has 0 heterocycles. The van der Waals surface area contributed by atoms with Crippen molar-refractivity contribution in [2.24, 2.45) is 5.92 Å². The standard InChI is InChI=1S/C80H136P2Si4/c1-13-25-58-83(59-26-14-2,60-27-15-3)76-50-42-72(43-51-76)81(73-44-52-77(53-45-73)84(61-28-16-4,62-29-17-5)63-30-18-6)70-80(71-40-38-37-39-41-71)82(74-46-54-78(55-47-74)85(64-31-19-7,65-32-20-8)66-33-21-9)75-48-56-79(57-49-75)86(67-34-22-10,68-35-23-11)69-36-24-12/h42-57,70-71H,13-41,58-69H2,1-12H3/b80-70-. The molecule has 0 amide bonds. The fourth-order valence-corrected chi connectivity index (χ4v) is 43.5. The van der Waals surface area contributed by atoms with Crippen molar-refractivity contribution in [3.63, 3.8) is 0 Å². The summed E-state index contributed by atoms with van der Waals surface area (Å²) in [4.78, 5) is 0. The molecule has 0 aromatic heterocycles. The molecule has 1 aliphatic rings. The first-order valence-electron chi connectivity index (χ1n) is 37.8.